The van der Waals surface area contributed by atoms with E-state index in [1.165, 1.54) is 18.2 Å². The minimum Gasteiger partial charge on any atom is -0.273 e. The number of nitrogens with one attached hydrogen (secondary N) is 1. The lowest BCUT2D eigenvalue weighted by molar-refractivity contribution is -0.122. The van der Waals surface area contributed by atoms with E-state index in [4.69, 9.17) is 23.2 Å². The van der Waals surface area contributed by atoms with Crippen molar-refractivity contribution in [2.75, 3.05) is 4.90 Å². The molecule has 2 aromatic rings. The Bertz CT molecular complexity index is 876. The number of imide groups is 2. The summed E-state index contributed by atoms with van der Waals surface area (Å²) in [7, 11) is 0. The molecule has 0 atom stereocenters. The molecule has 1 heterocycles. The molecule has 24 heavy (non-hydrogen) atoms. The fourth-order valence-corrected chi connectivity index (χ4v) is 2.55. The van der Waals surface area contributed by atoms with Crippen LogP contribution in [0.1, 0.15) is 5.56 Å². The van der Waals surface area contributed by atoms with Gasteiger partial charge in [-0.25, -0.2) is 9.69 Å². The SMILES string of the molecule is O=C1NC(=O)N(c2ccc(Cl)cc2)C(=O)C1=Cc1ccccc1Cl. The molecule has 1 saturated heterocycles. The van der Waals surface area contributed by atoms with Gasteiger partial charge in [0.15, 0.2) is 0 Å². The van der Waals surface area contributed by atoms with Crippen molar-refractivity contribution in [2.45, 2.75) is 0 Å². The van der Waals surface area contributed by atoms with Gasteiger partial charge in [0.25, 0.3) is 11.8 Å². The fraction of sp³-hybridized carbons (Fsp3) is 0. The van der Waals surface area contributed by atoms with Crippen LogP contribution in [-0.4, -0.2) is 17.8 Å². The Balaban J connectivity index is 2.03. The van der Waals surface area contributed by atoms with Gasteiger partial charge in [0.2, 0.25) is 0 Å². The van der Waals surface area contributed by atoms with Crippen LogP contribution >= 0.6 is 23.2 Å². The zero-order chi connectivity index (χ0) is 17.3. The third kappa shape index (κ3) is 3.04. The molecule has 0 saturated carbocycles. The number of barbiturate groups is 1. The van der Waals surface area contributed by atoms with Gasteiger partial charge in [-0.3, -0.25) is 14.9 Å². The lowest BCUT2D eigenvalue weighted by atomic mass is 10.1. The van der Waals surface area contributed by atoms with Gasteiger partial charge in [-0.15, -0.1) is 0 Å². The predicted molar refractivity (Wildman–Crippen MR) is 91.9 cm³/mol. The number of amides is 4. The molecule has 1 aliphatic rings. The van der Waals surface area contributed by atoms with Crippen molar-refractivity contribution in [3.8, 4) is 0 Å². The quantitative estimate of drug-likeness (QED) is 0.656. The molecule has 5 nitrogen and oxygen atoms in total. The number of hydrogen-bond acceptors (Lipinski definition) is 3. The Labute approximate surface area is 147 Å². The highest BCUT2D eigenvalue weighted by atomic mass is 35.5. The third-order valence-electron chi connectivity index (χ3n) is 3.39. The number of carbonyl (C=O) groups is 3. The zero-order valence-electron chi connectivity index (χ0n) is 12.1. The highest BCUT2D eigenvalue weighted by Gasteiger charge is 2.36. The zero-order valence-corrected chi connectivity index (χ0v) is 13.6. The van der Waals surface area contributed by atoms with E-state index in [0.717, 1.165) is 4.90 Å². The largest absolute Gasteiger partial charge is 0.335 e. The summed E-state index contributed by atoms with van der Waals surface area (Å²) in [5, 5.41) is 3.00. The standard InChI is InChI=1S/C17H10Cl2N2O3/c18-11-5-7-12(8-6-11)21-16(23)13(15(22)20-17(21)24)9-10-3-1-2-4-14(10)19/h1-9H,(H,20,22,24). The van der Waals surface area contributed by atoms with Crippen molar-refractivity contribution in [3.63, 3.8) is 0 Å². The second-order valence-electron chi connectivity index (χ2n) is 4.96. The third-order valence-corrected chi connectivity index (χ3v) is 3.99. The van der Waals surface area contributed by atoms with Crippen LogP contribution in [-0.2, 0) is 9.59 Å². The lowest BCUT2D eigenvalue weighted by Gasteiger charge is -2.26. The summed E-state index contributed by atoms with van der Waals surface area (Å²) >= 11 is 11.9. The minimum atomic E-state index is -0.816. The highest BCUT2D eigenvalue weighted by molar-refractivity contribution is 6.40. The summed E-state index contributed by atoms with van der Waals surface area (Å²) in [6, 6.07) is 12.1. The van der Waals surface area contributed by atoms with Gasteiger partial charge < -0.3 is 0 Å². The average molecular weight is 361 g/mol. The molecule has 2 aromatic carbocycles. The summed E-state index contributed by atoms with van der Waals surface area (Å²) in [4.78, 5) is 37.6. The van der Waals surface area contributed by atoms with E-state index in [9.17, 15) is 14.4 Å². The minimum absolute atomic E-state index is 0.183. The molecule has 0 spiro atoms. The summed E-state index contributed by atoms with van der Waals surface area (Å²) in [6.45, 7) is 0. The van der Waals surface area contributed by atoms with Gasteiger partial charge >= 0.3 is 6.03 Å². The lowest BCUT2D eigenvalue weighted by Crippen LogP contribution is -2.54. The topological polar surface area (TPSA) is 66.5 Å². The molecule has 120 valence electrons. The van der Waals surface area contributed by atoms with Gasteiger partial charge in [0.1, 0.15) is 5.57 Å². The Morgan fingerprint density at radius 3 is 2.25 bits per heavy atom. The molecular formula is C17H10Cl2N2O3. The molecule has 0 aliphatic carbocycles. The van der Waals surface area contributed by atoms with Crippen LogP contribution in [0, 0.1) is 0 Å². The van der Waals surface area contributed by atoms with E-state index in [-0.39, 0.29) is 5.57 Å². The predicted octanol–water partition coefficient (Wildman–Crippen LogP) is 3.66. The highest BCUT2D eigenvalue weighted by Crippen LogP contribution is 2.25. The van der Waals surface area contributed by atoms with Crippen molar-refractivity contribution in [1.82, 2.24) is 5.32 Å². The summed E-state index contributed by atoms with van der Waals surface area (Å²) in [5.41, 5.74) is 0.625. The van der Waals surface area contributed by atoms with Crippen molar-refractivity contribution in [3.05, 3.63) is 69.7 Å². The molecule has 1 fully saturated rings. The number of benzene rings is 2. The van der Waals surface area contributed by atoms with Crippen molar-refractivity contribution < 1.29 is 14.4 Å². The van der Waals surface area contributed by atoms with Crippen LogP contribution in [0.5, 0.6) is 0 Å². The first-order valence-corrected chi connectivity index (χ1v) is 7.64. The molecule has 0 bridgehead atoms. The number of rotatable bonds is 2. The van der Waals surface area contributed by atoms with E-state index in [1.807, 2.05) is 0 Å². The smallest absolute Gasteiger partial charge is 0.273 e. The fourth-order valence-electron chi connectivity index (χ4n) is 2.23. The number of carbonyl (C=O) groups excluding carboxylic acids is 3. The van der Waals surface area contributed by atoms with E-state index in [1.54, 1.807) is 36.4 Å². The molecule has 1 N–H and O–H groups in total. The molecule has 1 aliphatic heterocycles. The Morgan fingerprint density at radius 1 is 0.917 bits per heavy atom. The number of urea groups is 1. The summed E-state index contributed by atoms with van der Waals surface area (Å²) in [6.07, 6.45) is 1.36. The number of hydrogen-bond donors (Lipinski definition) is 1. The van der Waals surface area contributed by atoms with E-state index >= 15 is 0 Å². The van der Waals surface area contributed by atoms with Gasteiger partial charge in [0, 0.05) is 10.0 Å². The van der Waals surface area contributed by atoms with Crippen LogP contribution in [0.25, 0.3) is 6.08 Å². The molecule has 4 amide bonds. The first-order chi connectivity index (χ1) is 11.5. The summed E-state index contributed by atoms with van der Waals surface area (Å²) in [5.74, 6) is -1.50. The van der Waals surface area contributed by atoms with Crippen molar-refractivity contribution >= 4 is 52.8 Å². The molecule has 3 rings (SSSR count). The number of halogens is 2. The number of nitrogens with zero attached hydrogens (tertiary/aromatic N) is 1. The molecule has 0 unspecified atom stereocenters. The Kier molecular flexibility index (Phi) is 4.38. The summed E-state index contributed by atoms with van der Waals surface area (Å²) < 4.78 is 0. The second-order valence-corrected chi connectivity index (χ2v) is 5.80. The van der Waals surface area contributed by atoms with E-state index in [0.29, 0.717) is 21.3 Å². The normalized spacial score (nSPS) is 16.5. The van der Waals surface area contributed by atoms with E-state index < -0.39 is 17.8 Å². The maximum atomic E-state index is 12.6. The van der Waals surface area contributed by atoms with Gasteiger partial charge in [-0.2, -0.15) is 0 Å². The molecule has 7 heteroatoms. The van der Waals surface area contributed by atoms with Gasteiger partial charge in [0.05, 0.1) is 5.69 Å². The van der Waals surface area contributed by atoms with Crippen molar-refractivity contribution in [1.29, 1.82) is 0 Å². The first-order valence-electron chi connectivity index (χ1n) is 6.89. The Morgan fingerprint density at radius 2 is 1.58 bits per heavy atom. The first kappa shape index (κ1) is 16.2. The molecular weight excluding hydrogens is 351 g/mol. The molecule has 0 radical (unpaired) electrons. The second kappa shape index (κ2) is 6.47. The maximum Gasteiger partial charge on any atom is 0.335 e. The molecule has 0 aromatic heterocycles. The van der Waals surface area contributed by atoms with Crippen LogP contribution in [0.3, 0.4) is 0 Å². The van der Waals surface area contributed by atoms with Gasteiger partial charge in [-0.05, 0) is 42.0 Å². The number of anilines is 1. The van der Waals surface area contributed by atoms with Crippen LogP contribution in [0.2, 0.25) is 10.0 Å². The van der Waals surface area contributed by atoms with Crippen LogP contribution in [0.15, 0.2) is 54.1 Å². The van der Waals surface area contributed by atoms with Crippen molar-refractivity contribution in [2.24, 2.45) is 0 Å². The average Bonchev–Trinajstić information content (AvgIpc) is 2.54. The monoisotopic (exact) mass is 360 g/mol. The van der Waals surface area contributed by atoms with Crippen LogP contribution in [0.4, 0.5) is 10.5 Å². The van der Waals surface area contributed by atoms with E-state index in [2.05, 4.69) is 5.32 Å². The van der Waals surface area contributed by atoms with Crippen LogP contribution < -0.4 is 10.2 Å². The maximum absolute atomic E-state index is 12.6. The van der Waals surface area contributed by atoms with Gasteiger partial charge in [-0.1, -0.05) is 41.4 Å². The Hall–Kier alpha value is -2.63.